The van der Waals surface area contributed by atoms with Gasteiger partial charge in [-0.05, 0) is 38.1 Å². The summed E-state index contributed by atoms with van der Waals surface area (Å²) in [7, 11) is 1.53. The van der Waals surface area contributed by atoms with E-state index in [1.54, 1.807) is 18.2 Å². The van der Waals surface area contributed by atoms with E-state index in [1.165, 1.54) is 7.11 Å². The Hall–Kier alpha value is -1.42. The van der Waals surface area contributed by atoms with Crippen LogP contribution in [0.4, 0.5) is 0 Å². The van der Waals surface area contributed by atoms with E-state index in [0.717, 1.165) is 31.7 Å². The minimum absolute atomic E-state index is 0.139. The van der Waals surface area contributed by atoms with Crippen molar-refractivity contribution in [3.8, 4) is 17.2 Å². The molecule has 2 N–H and O–H groups in total. The molecule has 4 heteroatoms. The first-order valence-corrected chi connectivity index (χ1v) is 5.54. The van der Waals surface area contributed by atoms with Gasteiger partial charge < -0.3 is 19.9 Å². The first kappa shape index (κ1) is 11.1. The average molecular weight is 223 g/mol. The summed E-state index contributed by atoms with van der Waals surface area (Å²) in [5.41, 5.74) is 0. The maximum atomic E-state index is 9.45. The molecule has 1 aliphatic rings. The van der Waals surface area contributed by atoms with Gasteiger partial charge in [-0.15, -0.1) is 0 Å². The van der Waals surface area contributed by atoms with Crippen LogP contribution < -0.4 is 14.8 Å². The van der Waals surface area contributed by atoms with Crippen LogP contribution in [0.3, 0.4) is 0 Å². The molecule has 0 atom stereocenters. The van der Waals surface area contributed by atoms with Crippen molar-refractivity contribution >= 4 is 0 Å². The molecule has 88 valence electrons. The van der Waals surface area contributed by atoms with Gasteiger partial charge in [0.05, 0.1) is 7.11 Å². The highest BCUT2D eigenvalue weighted by molar-refractivity contribution is 5.44. The van der Waals surface area contributed by atoms with Crippen LogP contribution in [0.15, 0.2) is 18.2 Å². The molecule has 4 nitrogen and oxygen atoms in total. The van der Waals surface area contributed by atoms with Crippen molar-refractivity contribution in [1.29, 1.82) is 0 Å². The summed E-state index contributed by atoms with van der Waals surface area (Å²) in [6.45, 7) is 2.00. The van der Waals surface area contributed by atoms with Crippen molar-refractivity contribution in [3.63, 3.8) is 0 Å². The van der Waals surface area contributed by atoms with Crippen molar-refractivity contribution in [2.45, 2.75) is 18.9 Å². The molecule has 1 aromatic rings. The fourth-order valence-corrected chi connectivity index (χ4v) is 1.84. The van der Waals surface area contributed by atoms with Crippen LogP contribution in [-0.4, -0.2) is 31.4 Å². The Morgan fingerprint density at radius 1 is 1.31 bits per heavy atom. The van der Waals surface area contributed by atoms with Gasteiger partial charge in [-0.2, -0.15) is 0 Å². The largest absolute Gasteiger partial charge is 0.504 e. The van der Waals surface area contributed by atoms with Crippen LogP contribution in [0.5, 0.6) is 17.2 Å². The molecule has 0 aliphatic carbocycles. The van der Waals surface area contributed by atoms with Crippen LogP contribution in [0, 0.1) is 0 Å². The van der Waals surface area contributed by atoms with E-state index in [2.05, 4.69) is 5.32 Å². The molecular weight excluding hydrogens is 206 g/mol. The fraction of sp³-hybridized carbons (Fsp3) is 0.500. The lowest BCUT2D eigenvalue weighted by atomic mass is 10.1. The standard InChI is InChI=1S/C12H17NO3/c1-15-12-8-10(2-3-11(12)14)16-9-4-6-13-7-5-9/h2-3,8-9,13-14H,4-7H2,1H3. The smallest absolute Gasteiger partial charge is 0.164 e. The first-order chi connectivity index (χ1) is 7.79. The highest BCUT2D eigenvalue weighted by atomic mass is 16.5. The lowest BCUT2D eigenvalue weighted by molar-refractivity contribution is 0.162. The Morgan fingerprint density at radius 3 is 2.75 bits per heavy atom. The summed E-state index contributed by atoms with van der Waals surface area (Å²) >= 11 is 0. The van der Waals surface area contributed by atoms with Gasteiger partial charge in [0.1, 0.15) is 11.9 Å². The van der Waals surface area contributed by atoms with E-state index in [-0.39, 0.29) is 11.9 Å². The van der Waals surface area contributed by atoms with E-state index in [1.807, 2.05) is 0 Å². The van der Waals surface area contributed by atoms with Crippen molar-refractivity contribution in [2.24, 2.45) is 0 Å². The molecule has 0 bridgehead atoms. The monoisotopic (exact) mass is 223 g/mol. The Balaban J connectivity index is 2.03. The normalized spacial score (nSPS) is 17.1. The van der Waals surface area contributed by atoms with Gasteiger partial charge in [-0.25, -0.2) is 0 Å². The van der Waals surface area contributed by atoms with Crippen LogP contribution in [0.1, 0.15) is 12.8 Å². The maximum Gasteiger partial charge on any atom is 0.164 e. The van der Waals surface area contributed by atoms with Crippen molar-refractivity contribution in [1.82, 2.24) is 5.32 Å². The molecule has 0 aromatic heterocycles. The van der Waals surface area contributed by atoms with Gasteiger partial charge in [-0.1, -0.05) is 0 Å². The predicted molar refractivity (Wildman–Crippen MR) is 61.2 cm³/mol. The average Bonchev–Trinajstić information content (AvgIpc) is 2.33. The zero-order valence-corrected chi connectivity index (χ0v) is 9.40. The van der Waals surface area contributed by atoms with Gasteiger partial charge in [0.25, 0.3) is 0 Å². The van der Waals surface area contributed by atoms with E-state index >= 15 is 0 Å². The van der Waals surface area contributed by atoms with Gasteiger partial charge in [0.2, 0.25) is 0 Å². The van der Waals surface area contributed by atoms with Gasteiger partial charge in [-0.3, -0.25) is 0 Å². The molecule has 0 radical (unpaired) electrons. The number of ether oxygens (including phenoxy) is 2. The second kappa shape index (κ2) is 5.07. The Morgan fingerprint density at radius 2 is 2.06 bits per heavy atom. The lowest BCUT2D eigenvalue weighted by Crippen LogP contribution is -2.34. The number of rotatable bonds is 3. The molecule has 0 saturated carbocycles. The molecule has 1 aliphatic heterocycles. The zero-order valence-electron chi connectivity index (χ0n) is 9.40. The predicted octanol–water partition coefficient (Wildman–Crippen LogP) is 1.53. The Bertz CT molecular complexity index is 348. The zero-order chi connectivity index (χ0) is 11.4. The van der Waals surface area contributed by atoms with Gasteiger partial charge in [0, 0.05) is 6.07 Å². The topological polar surface area (TPSA) is 50.7 Å². The molecule has 0 amide bonds. The summed E-state index contributed by atoms with van der Waals surface area (Å²) in [6.07, 6.45) is 2.29. The second-order valence-electron chi connectivity index (χ2n) is 3.90. The summed E-state index contributed by atoms with van der Waals surface area (Å²) in [5.74, 6) is 1.34. The van der Waals surface area contributed by atoms with Gasteiger partial charge in [0.15, 0.2) is 11.5 Å². The molecule has 0 unspecified atom stereocenters. The Kier molecular flexibility index (Phi) is 3.51. The highest BCUT2D eigenvalue weighted by Crippen LogP contribution is 2.30. The van der Waals surface area contributed by atoms with Gasteiger partial charge >= 0.3 is 0 Å². The quantitative estimate of drug-likeness (QED) is 0.816. The number of nitrogens with one attached hydrogen (secondary N) is 1. The number of hydrogen-bond donors (Lipinski definition) is 2. The van der Waals surface area contributed by atoms with Crippen LogP contribution in [-0.2, 0) is 0 Å². The molecule has 2 rings (SSSR count). The van der Waals surface area contributed by atoms with Crippen LogP contribution in [0.2, 0.25) is 0 Å². The summed E-state index contributed by atoms with van der Waals surface area (Å²) in [4.78, 5) is 0. The summed E-state index contributed by atoms with van der Waals surface area (Å²) in [6, 6.07) is 5.08. The Labute approximate surface area is 95.2 Å². The second-order valence-corrected chi connectivity index (χ2v) is 3.90. The SMILES string of the molecule is COc1cc(OC2CCNCC2)ccc1O. The molecule has 1 heterocycles. The minimum Gasteiger partial charge on any atom is -0.504 e. The van der Waals surface area contributed by atoms with Crippen LogP contribution >= 0.6 is 0 Å². The molecule has 1 aromatic carbocycles. The number of phenolic OH excluding ortho intramolecular Hbond substituents is 1. The fourth-order valence-electron chi connectivity index (χ4n) is 1.84. The van der Waals surface area contributed by atoms with E-state index < -0.39 is 0 Å². The number of phenols is 1. The van der Waals surface area contributed by atoms with Crippen LogP contribution in [0.25, 0.3) is 0 Å². The number of methoxy groups -OCH3 is 1. The summed E-state index contributed by atoms with van der Waals surface area (Å²) in [5, 5.41) is 12.7. The summed E-state index contributed by atoms with van der Waals surface area (Å²) < 4.78 is 10.9. The molecule has 0 spiro atoms. The third-order valence-electron chi connectivity index (χ3n) is 2.74. The van der Waals surface area contributed by atoms with Crippen molar-refractivity contribution in [2.75, 3.05) is 20.2 Å². The number of aromatic hydroxyl groups is 1. The van der Waals surface area contributed by atoms with E-state index in [0.29, 0.717) is 5.75 Å². The molecule has 1 saturated heterocycles. The molecular formula is C12H17NO3. The molecule has 1 fully saturated rings. The third-order valence-corrected chi connectivity index (χ3v) is 2.74. The van der Waals surface area contributed by atoms with Crippen molar-refractivity contribution in [3.05, 3.63) is 18.2 Å². The van der Waals surface area contributed by atoms with E-state index in [4.69, 9.17) is 9.47 Å². The van der Waals surface area contributed by atoms with Crippen molar-refractivity contribution < 1.29 is 14.6 Å². The highest BCUT2D eigenvalue weighted by Gasteiger charge is 2.15. The maximum absolute atomic E-state index is 9.45. The third kappa shape index (κ3) is 2.58. The molecule has 16 heavy (non-hydrogen) atoms. The number of hydrogen-bond acceptors (Lipinski definition) is 4. The van der Waals surface area contributed by atoms with E-state index in [9.17, 15) is 5.11 Å². The minimum atomic E-state index is 0.139. The number of benzene rings is 1. The first-order valence-electron chi connectivity index (χ1n) is 5.54. The lowest BCUT2D eigenvalue weighted by Gasteiger charge is -2.24. The number of piperidine rings is 1.